The Kier molecular flexibility index (Phi) is 6.50. The van der Waals surface area contributed by atoms with Crippen molar-refractivity contribution in [2.75, 3.05) is 13.2 Å². The molecule has 0 bridgehead atoms. The van der Waals surface area contributed by atoms with Crippen LogP contribution in [-0.4, -0.2) is 24.8 Å². The smallest absolute Gasteiger partial charge is 0.0615 e. The summed E-state index contributed by atoms with van der Waals surface area (Å²) in [6.45, 7) is 11.1. The lowest BCUT2D eigenvalue weighted by Gasteiger charge is -2.34. The van der Waals surface area contributed by atoms with Crippen LogP contribution in [-0.2, 0) is 4.74 Å². The standard InChI is InChI=1S/C15H31NO/c1-5-6-7-10-14-13(9-8-11-17-14)12-16-15(2,3)4/h13-14,16H,5-12H2,1-4H3. The molecule has 1 saturated heterocycles. The van der Waals surface area contributed by atoms with Gasteiger partial charge < -0.3 is 10.1 Å². The fraction of sp³-hybridized carbons (Fsp3) is 1.00. The van der Waals surface area contributed by atoms with Crippen molar-refractivity contribution in [3.8, 4) is 0 Å². The van der Waals surface area contributed by atoms with Gasteiger partial charge in [0.2, 0.25) is 0 Å². The van der Waals surface area contributed by atoms with Crippen LogP contribution in [0, 0.1) is 5.92 Å². The second-order valence-electron chi connectivity index (χ2n) is 6.44. The minimum absolute atomic E-state index is 0.228. The Bertz CT molecular complexity index is 198. The zero-order valence-corrected chi connectivity index (χ0v) is 12.2. The maximum absolute atomic E-state index is 5.96. The first-order chi connectivity index (χ1) is 8.03. The fourth-order valence-corrected chi connectivity index (χ4v) is 2.49. The molecular formula is C15H31NO. The van der Waals surface area contributed by atoms with Gasteiger partial charge in [0, 0.05) is 18.7 Å². The van der Waals surface area contributed by atoms with E-state index in [0.717, 1.165) is 19.1 Å². The first-order valence-electron chi connectivity index (χ1n) is 7.39. The van der Waals surface area contributed by atoms with Crippen LogP contribution in [0.1, 0.15) is 66.2 Å². The number of rotatable bonds is 6. The second-order valence-corrected chi connectivity index (χ2v) is 6.44. The van der Waals surface area contributed by atoms with Crippen molar-refractivity contribution in [3.05, 3.63) is 0 Å². The Hall–Kier alpha value is -0.0800. The minimum atomic E-state index is 0.228. The predicted octanol–water partition coefficient (Wildman–Crippen LogP) is 3.75. The zero-order valence-electron chi connectivity index (χ0n) is 12.2. The molecule has 0 amide bonds. The van der Waals surface area contributed by atoms with E-state index in [9.17, 15) is 0 Å². The molecule has 1 rings (SSSR count). The topological polar surface area (TPSA) is 21.3 Å². The summed E-state index contributed by atoms with van der Waals surface area (Å²) in [4.78, 5) is 0. The van der Waals surface area contributed by atoms with Crippen molar-refractivity contribution in [2.24, 2.45) is 5.92 Å². The van der Waals surface area contributed by atoms with Crippen LogP contribution >= 0.6 is 0 Å². The molecule has 2 unspecified atom stereocenters. The molecule has 2 heteroatoms. The number of hydrogen-bond acceptors (Lipinski definition) is 2. The van der Waals surface area contributed by atoms with Crippen LogP contribution in [0.3, 0.4) is 0 Å². The van der Waals surface area contributed by atoms with Crippen LogP contribution < -0.4 is 5.32 Å². The number of ether oxygens (including phenoxy) is 1. The normalized spacial score (nSPS) is 26.1. The van der Waals surface area contributed by atoms with Gasteiger partial charge in [-0.15, -0.1) is 0 Å². The van der Waals surface area contributed by atoms with Gasteiger partial charge in [0.15, 0.2) is 0 Å². The lowest BCUT2D eigenvalue weighted by atomic mass is 9.90. The number of nitrogens with one attached hydrogen (secondary N) is 1. The third-order valence-corrected chi connectivity index (χ3v) is 3.56. The molecule has 1 heterocycles. The molecule has 0 radical (unpaired) electrons. The van der Waals surface area contributed by atoms with Crippen LogP contribution in [0.5, 0.6) is 0 Å². The molecule has 0 aromatic carbocycles. The van der Waals surface area contributed by atoms with E-state index in [4.69, 9.17) is 4.74 Å². The fourth-order valence-electron chi connectivity index (χ4n) is 2.49. The SMILES string of the molecule is CCCCCC1OCCCC1CNC(C)(C)C. The zero-order chi connectivity index (χ0) is 12.7. The molecular weight excluding hydrogens is 210 g/mol. The molecule has 0 aromatic heterocycles. The molecule has 17 heavy (non-hydrogen) atoms. The van der Waals surface area contributed by atoms with E-state index in [1.165, 1.54) is 38.5 Å². The molecule has 1 aliphatic rings. The van der Waals surface area contributed by atoms with E-state index in [0.29, 0.717) is 6.10 Å². The van der Waals surface area contributed by atoms with Crippen molar-refractivity contribution in [1.29, 1.82) is 0 Å². The maximum atomic E-state index is 5.96. The quantitative estimate of drug-likeness (QED) is 0.715. The van der Waals surface area contributed by atoms with Gasteiger partial charge in [0.1, 0.15) is 0 Å². The van der Waals surface area contributed by atoms with Gasteiger partial charge in [-0.2, -0.15) is 0 Å². The number of hydrogen-bond donors (Lipinski definition) is 1. The summed E-state index contributed by atoms with van der Waals surface area (Å²) >= 11 is 0. The van der Waals surface area contributed by atoms with Crippen molar-refractivity contribution in [2.45, 2.75) is 77.9 Å². The van der Waals surface area contributed by atoms with Gasteiger partial charge in [-0.1, -0.05) is 26.2 Å². The van der Waals surface area contributed by atoms with Crippen molar-refractivity contribution in [3.63, 3.8) is 0 Å². The first kappa shape index (κ1) is 15.0. The van der Waals surface area contributed by atoms with Crippen molar-refractivity contribution < 1.29 is 4.74 Å². The van der Waals surface area contributed by atoms with E-state index in [1.807, 2.05) is 0 Å². The second kappa shape index (κ2) is 7.38. The summed E-state index contributed by atoms with van der Waals surface area (Å²) in [5.74, 6) is 0.722. The maximum Gasteiger partial charge on any atom is 0.0615 e. The van der Waals surface area contributed by atoms with Crippen LogP contribution in [0.15, 0.2) is 0 Å². The lowest BCUT2D eigenvalue weighted by molar-refractivity contribution is -0.0327. The molecule has 0 aromatic rings. The predicted molar refractivity (Wildman–Crippen MR) is 74.4 cm³/mol. The van der Waals surface area contributed by atoms with Gasteiger partial charge in [0.05, 0.1) is 6.10 Å². The van der Waals surface area contributed by atoms with Crippen molar-refractivity contribution in [1.82, 2.24) is 5.32 Å². The highest BCUT2D eigenvalue weighted by molar-refractivity contribution is 4.80. The van der Waals surface area contributed by atoms with Gasteiger partial charge in [-0.25, -0.2) is 0 Å². The summed E-state index contributed by atoms with van der Waals surface area (Å²) in [5, 5.41) is 3.63. The Morgan fingerprint density at radius 1 is 1.24 bits per heavy atom. The van der Waals surface area contributed by atoms with Gasteiger partial charge >= 0.3 is 0 Å². The summed E-state index contributed by atoms with van der Waals surface area (Å²) in [7, 11) is 0. The third-order valence-electron chi connectivity index (χ3n) is 3.56. The van der Waals surface area contributed by atoms with E-state index < -0.39 is 0 Å². The summed E-state index contributed by atoms with van der Waals surface area (Å²) < 4.78 is 5.96. The molecule has 0 spiro atoms. The van der Waals surface area contributed by atoms with Gasteiger partial charge in [-0.05, 0) is 46.0 Å². The largest absolute Gasteiger partial charge is 0.378 e. The molecule has 2 atom stereocenters. The Balaban J connectivity index is 2.31. The van der Waals surface area contributed by atoms with Crippen LogP contribution in [0.25, 0.3) is 0 Å². The third kappa shape index (κ3) is 6.42. The van der Waals surface area contributed by atoms with E-state index in [-0.39, 0.29) is 5.54 Å². The molecule has 1 fully saturated rings. The monoisotopic (exact) mass is 241 g/mol. The molecule has 0 aliphatic carbocycles. The molecule has 1 aliphatic heterocycles. The highest BCUT2D eigenvalue weighted by Gasteiger charge is 2.26. The summed E-state index contributed by atoms with van der Waals surface area (Å²) in [6, 6.07) is 0. The van der Waals surface area contributed by atoms with Gasteiger partial charge in [-0.3, -0.25) is 0 Å². The van der Waals surface area contributed by atoms with Crippen LogP contribution in [0.4, 0.5) is 0 Å². The summed E-state index contributed by atoms with van der Waals surface area (Å²) in [5.41, 5.74) is 0.228. The van der Waals surface area contributed by atoms with Gasteiger partial charge in [0.25, 0.3) is 0 Å². The Labute approximate surface area is 108 Å². The van der Waals surface area contributed by atoms with Crippen LogP contribution in [0.2, 0.25) is 0 Å². The van der Waals surface area contributed by atoms with E-state index in [1.54, 1.807) is 0 Å². The lowest BCUT2D eigenvalue weighted by Crippen LogP contribution is -2.44. The minimum Gasteiger partial charge on any atom is -0.378 e. The molecule has 2 nitrogen and oxygen atoms in total. The average Bonchev–Trinajstić information content (AvgIpc) is 2.27. The summed E-state index contributed by atoms with van der Waals surface area (Å²) in [6.07, 6.45) is 8.31. The average molecular weight is 241 g/mol. The molecule has 1 N–H and O–H groups in total. The Morgan fingerprint density at radius 2 is 2.00 bits per heavy atom. The molecule has 0 saturated carbocycles. The van der Waals surface area contributed by atoms with E-state index in [2.05, 4.69) is 33.0 Å². The van der Waals surface area contributed by atoms with Crippen molar-refractivity contribution >= 4 is 0 Å². The Morgan fingerprint density at radius 3 is 2.65 bits per heavy atom. The van der Waals surface area contributed by atoms with E-state index >= 15 is 0 Å². The first-order valence-corrected chi connectivity index (χ1v) is 7.39. The molecule has 102 valence electrons. The highest BCUT2D eigenvalue weighted by atomic mass is 16.5. The number of unbranched alkanes of at least 4 members (excludes halogenated alkanes) is 2. The highest BCUT2D eigenvalue weighted by Crippen LogP contribution is 2.25.